The molecule has 0 fully saturated rings. The molecule has 0 radical (unpaired) electrons. The third-order valence-corrected chi connectivity index (χ3v) is 4.00. The third kappa shape index (κ3) is 4.95. The minimum atomic E-state index is -0.138. The maximum absolute atomic E-state index is 11.6. The highest BCUT2D eigenvalue weighted by atomic mass is 32.1. The predicted molar refractivity (Wildman–Crippen MR) is 87.6 cm³/mol. The normalized spacial score (nSPS) is 12.1. The zero-order chi connectivity index (χ0) is 15.2. The molecule has 0 aliphatic carbocycles. The zero-order valence-corrected chi connectivity index (χ0v) is 13.2. The molecule has 0 bridgehead atoms. The van der Waals surface area contributed by atoms with Crippen molar-refractivity contribution in [2.45, 2.75) is 39.2 Å². The number of carbonyl (C=O) groups excluding carboxylic acids is 1. The molecule has 1 aromatic heterocycles. The summed E-state index contributed by atoms with van der Waals surface area (Å²) >= 11 is 1.51. The van der Waals surface area contributed by atoms with E-state index in [1.807, 2.05) is 13.1 Å². The summed E-state index contributed by atoms with van der Waals surface area (Å²) in [7, 11) is 0. The second-order valence-electron chi connectivity index (χ2n) is 5.21. The van der Waals surface area contributed by atoms with Crippen molar-refractivity contribution >= 4 is 22.4 Å². The first-order valence-corrected chi connectivity index (χ1v) is 7.96. The molecule has 0 saturated heterocycles. The van der Waals surface area contributed by atoms with Crippen LogP contribution in [0.3, 0.4) is 0 Å². The van der Waals surface area contributed by atoms with Crippen LogP contribution in [-0.2, 0) is 17.6 Å². The summed E-state index contributed by atoms with van der Waals surface area (Å²) in [6, 6.07) is 8.42. The van der Waals surface area contributed by atoms with Crippen LogP contribution in [0, 0.1) is 0 Å². The Bertz CT molecular complexity index is 607. The second-order valence-corrected chi connectivity index (χ2v) is 6.33. The lowest BCUT2D eigenvalue weighted by Crippen LogP contribution is -2.23. The van der Waals surface area contributed by atoms with Gasteiger partial charge in [0.25, 0.3) is 0 Å². The van der Waals surface area contributed by atoms with E-state index in [0.717, 1.165) is 17.7 Å². The van der Waals surface area contributed by atoms with Crippen molar-refractivity contribution in [1.29, 1.82) is 0 Å². The molecular weight excluding hydrogens is 282 g/mol. The van der Waals surface area contributed by atoms with Crippen molar-refractivity contribution < 1.29 is 4.79 Å². The van der Waals surface area contributed by atoms with Crippen molar-refractivity contribution in [3.8, 4) is 0 Å². The van der Waals surface area contributed by atoms with E-state index in [0.29, 0.717) is 11.6 Å². The van der Waals surface area contributed by atoms with E-state index in [9.17, 15) is 4.79 Å². The fourth-order valence-corrected chi connectivity index (χ4v) is 2.93. The number of hydrogen-bond acceptors (Lipinski definition) is 4. The van der Waals surface area contributed by atoms with E-state index in [4.69, 9.17) is 5.73 Å². The number of aryl methyl sites for hydroxylation is 1. The Morgan fingerprint density at radius 2 is 2.19 bits per heavy atom. The Kier molecular flexibility index (Phi) is 5.47. The molecule has 4 nitrogen and oxygen atoms in total. The number of hydrogen-bond donors (Lipinski definition) is 2. The molecule has 1 heterocycles. The van der Waals surface area contributed by atoms with E-state index in [-0.39, 0.29) is 11.9 Å². The standard InChI is InChI=1S/C16H21N3OS/c1-3-12-5-4-6-13(8-12)9-14-10-18-16(21-14)19-15(20)7-11(2)17/h4-6,8,10-11H,3,7,9,17H2,1-2H3,(H,18,19,20). The molecule has 1 amide bonds. The van der Waals surface area contributed by atoms with Crippen LogP contribution < -0.4 is 11.1 Å². The summed E-state index contributed by atoms with van der Waals surface area (Å²) in [6.07, 6.45) is 4.02. The molecule has 1 aromatic carbocycles. The highest BCUT2D eigenvalue weighted by Crippen LogP contribution is 2.22. The first-order chi connectivity index (χ1) is 10.1. The number of nitrogens with zero attached hydrogens (tertiary/aromatic N) is 1. The van der Waals surface area contributed by atoms with Crippen LogP contribution >= 0.6 is 11.3 Å². The molecule has 2 aromatic rings. The summed E-state index contributed by atoms with van der Waals surface area (Å²) in [5.74, 6) is -0.0844. The average molecular weight is 303 g/mol. The Morgan fingerprint density at radius 3 is 2.90 bits per heavy atom. The van der Waals surface area contributed by atoms with Gasteiger partial charge in [-0.05, 0) is 24.5 Å². The molecule has 0 spiro atoms. The lowest BCUT2D eigenvalue weighted by Gasteiger charge is -2.04. The van der Waals surface area contributed by atoms with Gasteiger partial charge in [-0.15, -0.1) is 11.3 Å². The van der Waals surface area contributed by atoms with Gasteiger partial charge in [0.15, 0.2) is 5.13 Å². The van der Waals surface area contributed by atoms with Crippen LogP contribution in [0.1, 0.15) is 36.3 Å². The Balaban J connectivity index is 1.98. The minimum Gasteiger partial charge on any atom is -0.327 e. The topological polar surface area (TPSA) is 68.0 Å². The SMILES string of the molecule is CCc1cccc(Cc2cnc(NC(=O)CC(C)N)s2)c1. The van der Waals surface area contributed by atoms with Gasteiger partial charge in [-0.2, -0.15) is 0 Å². The predicted octanol–water partition coefficient (Wildman–Crippen LogP) is 2.97. The van der Waals surface area contributed by atoms with Crippen LogP contribution in [0.5, 0.6) is 0 Å². The molecule has 1 unspecified atom stereocenters. The lowest BCUT2D eigenvalue weighted by molar-refractivity contribution is -0.116. The van der Waals surface area contributed by atoms with Crippen molar-refractivity contribution in [1.82, 2.24) is 4.98 Å². The Labute approximate surface area is 129 Å². The molecule has 0 aliphatic heterocycles. The number of thiazole rings is 1. The fourth-order valence-electron chi connectivity index (χ4n) is 2.07. The summed E-state index contributed by atoms with van der Waals surface area (Å²) < 4.78 is 0. The number of nitrogens with two attached hydrogens (primary N) is 1. The first kappa shape index (κ1) is 15.7. The fraction of sp³-hybridized carbons (Fsp3) is 0.375. The van der Waals surface area contributed by atoms with Crippen LogP contribution in [-0.4, -0.2) is 16.9 Å². The molecule has 5 heteroatoms. The lowest BCUT2D eigenvalue weighted by atomic mass is 10.1. The smallest absolute Gasteiger partial charge is 0.227 e. The van der Waals surface area contributed by atoms with Gasteiger partial charge in [-0.1, -0.05) is 31.2 Å². The van der Waals surface area contributed by atoms with E-state index < -0.39 is 0 Å². The number of anilines is 1. The monoisotopic (exact) mass is 303 g/mol. The molecule has 0 aliphatic rings. The zero-order valence-electron chi connectivity index (χ0n) is 12.4. The van der Waals surface area contributed by atoms with E-state index in [1.165, 1.54) is 22.5 Å². The number of rotatable bonds is 6. The largest absolute Gasteiger partial charge is 0.327 e. The molecule has 2 rings (SSSR count). The van der Waals surface area contributed by atoms with Gasteiger partial charge in [0.1, 0.15) is 0 Å². The van der Waals surface area contributed by atoms with Gasteiger partial charge in [0, 0.05) is 30.0 Å². The Morgan fingerprint density at radius 1 is 1.43 bits per heavy atom. The Hall–Kier alpha value is -1.72. The van der Waals surface area contributed by atoms with Crippen LogP contribution in [0.15, 0.2) is 30.5 Å². The number of nitrogens with one attached hydrogen (secondary N) is 1. The summed E-state index contributed by atoms with van der Waals surface area (Å²) in [5.41, 5.74) is 8.21. The van der Waals surface area contributed by atoms with Crippen molar-refractivity contribution in [2.24, 2.45) is 5.73 Å². The van der Waals surface area contributed by atoms with Crippen molar-refractivity contribution in [2.75, 3.05) is 5.32 Å². The van der Waals surface area contributed by atoms with Crippen LogP contribution in [0.25, 0.3) is 0 Å². The second kappa shape index (κ2) is 7.33. The molecule has 1 atom stereocenters. The molecule has 112 valence electrons. The molecule has 0 saturated carbocycles. The summed E-state index contributed by atoms with van der Waals surface area (Å²) in [4.78, 5) is 17.0. The van der Waals surface area contributed by atoms with E-state index in [1.54, 1.807) is 0 Å². The summed E-state index contributed by atoms with van der Waals surface area (Å²) in [5, 5.41) is 3.43. The first-order valence-electron chi connectivity index (χ1n) is 7.14. The van der Waals surface area contributed by atoms with Crippen LogP contribution in [0.4, 0.5) is 5.13 Å². The molecule has 21 heavy (non-hydrogen) atoms. The van der Waals surface area contributed by atoms with Crippen LogP contribution in [0.2, 0.25) is 0 Å². The maximum Gasteiger partial charge on any atom is 0.227 e. The number of aromatic nitrogens is 1. The number of carbonyl (C=O) groups is 1. The van der Waals surface area contributed by atoms with Gasteiger partial charge in [-0.3, -0.25) is 4.79 Å². The van der Waals surface area contributed by atoms with Gasteiger partial charge in [0.05, 0.1) is 0 Å². The van der Waals surface area contributed by atoms with Gasteiger partial charge in [0.2, 0.25) is 5.91 Å². The van der Waals surface area contributed by atoms with E-state index in [2.05, 4.69) is 41.5 Å². The highest BCUT2D eigenvalue weighted by Gasteiger charge is 2.09. The van der Waals surface area contributed by atoms with Gasteiger partial charge < -0.3 is 11.1 Å². The average Bonchev–Trinajstić information content (AvgIpc) is 2.85. The van der Waals surface area contributed by atoms with Crippen molar-refractivity contribution in [3.05, 3.63) is 46.5 Å². The maximum atomic E-state index is 11.6. The number of benzene rings is 1. The highest BCUT2D eigenvalue weighted by molar-refractivity contribution is 7.15. The molecule has 3 N–H and O–H groups in total. The van der Waals surface area contributed by atoms with E-state index >= 15 is 0 Å². The minimum absolute atomic E-state index is 0.0844. The van der Waals surface area contributed by atoms with Gasteiger partial charge >= 0.3 is 0 Å². The summed E-state index contributed by atoms with van der Waals surface area (Å²) in [6.45, 7) is 3.96. The quantitative estimate of drug-likeness (QED) is 0.862. The van der Waals surface area contributed by atoms with Gasteiger partial charge in [-0.25, -0.2) is 4.98 Å². The van der Waals surface area contributed by atoms with Crippen molar-refractivity contribution in [3.63, 3.8) is 0 Å². The number of amides is 1. The third-order valence-electron chi connectivity index (χ3n) is 3.09. The molecular formula is C16H21N3OS.